The van der Waals surface area contributed by atoms with E-state index >= 15 is 0 Å². The minimum absolute atomic E-state index is 0.0114. The van der Waals surface area contributed by atoms with Crippen LogP contribution in [0.4, 0.5) is 0 Å². The van der Waals surface area contributed by atoms with Crippen LogP contribution in [0.3, 0.4) is 0 Å². The van der Waals surface area contributed by atoms with Crippen LogP contribution < -0.4 is 0 Å². The summed E-state index contributed by atoms with van der Waals surface area (Å²) in [7, 11) is 0. The van der Waals surface area contributed by atoms with Gasteiger partial charge in [-0.05, 0) is 50.0 Å². The van der Waals surface area contributed by atoms with E-state index < -0.39 is 11.7 Å². The average Bonchev–Trinajstić information content (AvgIpc) is 3.23. The molecule has 2 heterocycles. The van der Waals surface area contributed by atoms with Crippen LogP contribution in [0.1, 0.15) is 65.0 Å². The fourth-order valence-corrected chi connectivity index (χ4v) is 6.21. The molecule has 5 nitrogen and oxygen atoms in total. The Hall–Kier alpha value is -1.59. The molecule has 148 valence electrons. The van der Waals surface area contributed by atoms with E-state index in [1.54, 1.807) is 12.5 Å². The molecule has 0 unspecified atom stereocenters. The molecular formula is C22H30O5. The number of hydrogen-bond donors (Lipinski definition) is 1. The third kappa shape index (κ3) is 2.70. The molecule has 0 bridgehead atoms. The summed E-state index contributed by atoms with van der Waals surface area (Å²) in [5.41, 5.74) is 1.73. The lowest BCUT2D eigenvalue weighted by Gasteiger charge is -2.60. The van der Waals surface area contributed by atoms with Gasteiger partial charge in [0.1, 0.15) is 6.10 Å². The van der Waals surface area contributed by atoms with Crippen molar-refractivity contribution in [3.63, 3.8) is 0 Å². The SMILES string of the molecule is CC(=O)O[C@@H]1C[C@@]2(C)C(C)=CCC[C@@H]2[C@@]2(C[C@@H](c3ccoc3)O[C@@H]2O)[C@@H]1C. The minimum Gasteiger partial charge on any atom is -0.472 e. The summed E-state index contributed by atoms with van der Waals surface area (Å²) in [6, 6.07) is 1.90. The zero-order valence-corrected chi connectivity index (χ0v) is 16.6. The topological polar surface area (TPSA) is 68.9 Å². The molecule has 1 aromatic rings. The Bertz CT molecular complexity index is 738. The smallest absolute Gasteiger partial charge is 0.302 e. The third-order valence-corrected chi connectivity index (χ3v) is 7.78. The lowest BCUT2D eigenvalue weighted by molar-refractivity contribution is -0.223. The van der Waals surface area contributed by atoms with Crippen molar-refractivity contribution in [1.82, 2.24) is 0 Å². The zero-order valence-electron chi connectivity index (χ0n) is 16.6. The monoisotopic (exact) mass is 374 g/mol. The molecule has 1 saturated heterocycles. The Labute approximate surface area is 160 Å². The second-order valence-corrected chi connectivity index (χ2v) is 8.93. The van der Waals surface area contributed by atoms with Crippen LogP contribution in [0.25, 0.3) is 0 Å². The summed E-state index contributed by atoms with van der Waals surface area (Å²) >= 11 is 0. The molecule has 2 fully saturated rings. The predicted octanol–water partition coefficient (Wildman–Crippen LogP) is 4.38. The average molecular weight is 374 g/mol. The van der Waals surface area contributed by atoms with Gasteiger partial charge in [-0.1, -0.05) is 25.5 Å². The molecule has 1 aromatic heterocycles. The number of furan rings is 1. The number of carbonyl (C=O) groups excluding carboxylic acids is 1. The fraction of sp³-hybridized carbons (Fsp3) is 0.682. The minimum atomic E-state index is -0.888. The maximum atomic E-state index is 11.8. The Kier molecular flexibility index (Phi) is 4.51. The molecule has 1 N–H and O–H groups in total. The van der Waals surface area contributed by atoms with Gasteiger partial charge in [-0.15, -0.1) is 0 Å². The van der Waals surface area contributed by atoms with Gasteiger partial charge in [0.15, 0.2) is 6.29 Å². The summed E-state index contributed by atoms with van der Waals surface area (Å²) in [5, 5.41) is 11.2. The number of fused-ring (bicyclic) bond motifs is 2. The number of aliphatic hydroxyl groups is 1. The standard InChI is InChI=1S/C22H30O5/c1-13-6-5-7-19-21(13,4)10-17(26-15(3)23)14(2)22(19)11-18(27-20(22)24)16-8-9-25-12-16/h6,8-9,12,14,17-20,24H,5,7,10-11H2,1-4H3/t14-,17-,18+,19+,20+,21+,22-/m1/s1. The maximum absolute atomic E-state index is 11.8. The van der Waals surface area contributed by atoms with Gasteiger partial charge in [0.05, 0.1) is 18.6 Å². The first-order chi connectivity index (χ1) is 12.8. The van der Waals surface area contributed by atoms with E-state index in [-0.39, 0.29) is 35.4 Å². The van der Waals surface area contributed by atoms with Crippen LogP contribution in [-0.4, -0.2) is 23.5 Å². The molecule has 7 atom stereocenters. The summed E-state index contributed by atoms with van der Waals surface area (Å²) in [4.78, 5) is 11.8. The molecule has 5 heteroatoms. The molecule has 0 aromatic carbocycles. The number of allylic oxidation sites excluding steroid dienone is 2. The van der Waals surface area contributed by atoms with Gasteiger partial charge in [0.25, 0.3) is 0 Å². The quantitative estimate of drug-likeness (QED) is 0.614. The van der Waals surface area contributed by atoms with E-state index in [0.29, 0.717) is 6.42 Å². The number of esters is 1. The lowest BCUT2D eigenvalue weighted by Crippen LogP contribution is -2.60. The van der Waals surface area contributed by atoms with E-state index in [9.17, 15) is 9.90 Å². The molecule has 2 aliphatic carbocycles. The first kappa shape index (κ1) is 18.8. The molecule has 0 amide bonds. The van der Waals surface area contributed by atoms with Crippen LogP contribution in [0.5, 0.6) is 0 Å². The number of carbonyl (C=O) groups is 1. The van der Waals surface area contributed by atoms with E-state index in [1.807, 2.05) is 6.07 Å². The lowest BCUT2D eigenvalue weighted by atomic mass is 9.45. The van der Waals surface area contributed by atoms with Gasteiger partial charge in [-0.3, -0.25) is 4.79 Å². The Balaban J connectivity index is 1.78. The third-order valence-electron chi connectivity index (χ3n) is 7.78. The second kappa shape index (κ2) is 6.49. The van der Waals surface area contributed by atoms with Gasteiger partial charge < -0.3 is 19.0 Å². The number of hydrogen-bond acceptors (Lipinski definition) is 5. The van der Waals surface area contributed by atoms with Crippen molar-refractivity contribution in [3.05, 3.63) is 35.8 Å². The Morgan fingerprint density at radius 1 is 1.37 bits per heavy atom. The summed E-state index contributed by atoms with van der Waals surface area (Å²) in [6.07, 6.45) is 7.86. The summed E-state index contributed by atoms with van der Waals surface area (Å²) < 4.78 is 17.1. The number of rotatable bonds is 2. The van der Waals surface area contributed by atoms with Gasteiger partial charge in [0.2, 0.25) is 0 Å². The fourth-order valence-electron chi connectivity index (χ4n) is 6.21. The highest BCUT2D eigenvalue weighted by Crippen LogP contribution is 2.67. The van der Waals surface area contributed by atoms with E-state index in [0.717, 1.165) is 24.8 Å². The molecule has 1 aliphatic heterocycles. The van der Waals surface area contributed by atoms with E-state index in [1.165, 1.54) is 12.5 Å². The van der Waals surface area contributed by atoms with E-state index in [2.05, 4.69) is 26.8 Å². The van der Waals surface area contributed by atoms with Crippen LogP contribution in [0.15, 0.2) is 34.7 Å². The second-order valence-electron chi connectivity index (χ2n) is 8.93. The number of aliphatic hydroxyl groups excluding tert-OH is 1. The van der Waals surface area contributed by atoms with Crippen LogP contribution in [-0.2, 0) is 14.3 Å². The van der Waals surface area contributed by atoms with Crippen LogP contribution >= 0.6 is 0 Å². The van der Waals surface area contributed by atoms with Crippen molar-refractivity contribution >= 4 is 5.97 Å². The van der Waals surface area contributed by atoms with Gasteiger partial charge in [0, 0.05) is 23.8 Å². The molecule has 1 saturated carbocycles. The van der Waals surface area contributed by atoms with Crippen molar-refractivity contribution in [3.8, 4) is 0 Å². The van der Waals surface area contributed by atoms with E-state index in [4.69, 9.17) is 13.9 Å². The highest BCUT2D eigenvalue weighted by atomic mass is 16.6. The molecule has 4 rings (SSSR count). The zero-order chi connectivity index (χ0) is 19.4. The maximum Gasteiger partial charge on any atom is 0.302 e. The molecule has 27 heavy (non-hydrogen) atoms. The first-order valence-electron chi connectivity index (χ1n) is 9.99. The Morgan fingerprint density at radius 3 is 2.81 bits per heavy atom. The van der Waals surface area contributed by atoms with Crippen molar-refractivity contribution in [1.29, 1.82) is 0 Å². The molecular weight excluding hydrogens is 344 g/mol. The summed E-state index contributed by atoms with van der Waals surface area (Å²) in [6.45, 7) is 8.03. The molecule has 1 spiro atoms. The van der Waals surface area contributed by atoms with Crippen molar-refractivity contribution < 1.29 is 23.8 Å². The first-order valence-corrected chi connectivity index (χ1v) is 9.99. The van der Waals surface area contributed by atoms with Crippen LogP contribution in [0.2, 0.25) is 0 Å². The number of ether oxygens (including phenoxy) is 2. The van der Waals surface area contributed by atoms with Crippen molar-refractivity contribution in [2.24, 2.45) is 22.7 Å². The molecule has 3 aliphatic rings. The summed E-state index contributed by atoms with van der Waals surface area (Å²) in [5.74, 6) is 0.0299. The Morgan fingerprint density at radius 2 is 2.15 bits per heavy atom. The normalized spacial score (nSPS) is 44.0. The van der Waals surface area contributed by atoms with Gasteiger partial charge in [-0.25, -0.2) is 0 Å². The van der Waals surface area contributed by atoms with Crippen molar-refractivity contribution in [2.75, 3.05) is 0 Å². The highest BCUT2D eigenvalue weighted by molar-refractivity contribution is 5.66. The van der Waals surface area contributed by atoms with Gasteiger partial charge in [-0.2, -0.15) is 0 Å². The van der Waals surface area contributed by atoms with Crippen LogP contribution in [0, 0.1) is 22.7 Å². The molecule has 0 radical (unpaired) electrons. The largest absolute Gasteiger partial charge is 0.472 e. The highest BCUT2D eigenvalue weighted by Gasteiger charge is 2.66. The predicted molar refractivity (Wildman–Crippen MR) is 99.5 cm³/mol. The van der Waals surface area contributed by atoms with Gasteiger partial charge >= 0.3 is 5.97 Å². The van der Waals surface area contributed by atoms with Crippen molar-refractivity contribution in [2.45, 2.75) is 71.9 Å².